The van der Waals surface area contributed by atoms with Crippen LogP contribution in [-0.4, -0.2) is 21.3 Å². The van der Waals surface area contributed by atoms with E-state index >= 15 is 0 Å². The average molecular weight is 332 g/mol. The molecule has 1 atom stereocenters. The maximum atomic E-state index is 13.1. The molecule has 4 nitrogen and oxygen atoms in total. The Morgan fingerprint density at radius 3 is 2.70 bits per heavy atom. The number of amides is 1. The van der Waals surface area contributed by atoms with Crippen LogP contribution >= 0.6 is 11.6 Å². The summed E-state index contributed by atoms with van der Waals surface area (Å²) in [6.07, 6.45) is 1.73. The Morgan fingerprint density at radius 1 is 1.22 bits per heavy atom. The summed E-state index contributed by atoms with van der Waals surface area (Å²) in [5, 5.41) is 2.86. The number of carbonyl (C=O) groups is 1. The SMILES string of the molecule is O=C(CCl)NC(Cn1cnc2ccccc21)c1ccc(F)cc1. The molecular weight excluding hydrogens is 317 g/mol. The van der Waals surface area contributed by atoms with Gasteiger partial charge in [0.05, 0.1) is 23.4 Å². The zero-order chi connectivity index (χ0) is 16.2. The third kappa shape index (κ3) is 3.51. The molecule has 1 heterocycles. The van der Waals surface area contributed by atoms with Gasteiger partial charge in [0.2, 0.25) is 5.91 Å². The Kier molecular flexibility index (Phi) is 4.57. The fraction of sp³-hybridized carbons (Fsp3) is 0.176. The molecule has 0 spiro atoms. The molecule has 0 bridgehead atoms. The summed E-state index contributed by atoms with van der Waals surface area (Å²) in [5.74, 6) is -0.711. The molecule has 0 radical (unpaired) electrons. The molecular formula is C17H15ClFN3O. The highest BCUT2D eigenvalue weighted by atomic mass is 35.5. The minimum Gasteiger partial charge on any atom is -0.346 e. The molecule has 3 aromatic rings. The number of fused-ring (bicyclic) bond motifs is 1. The average Bonchev–Trinajstić information content (AvgIpc) is 2.98. The lowest BCUT2D eigenvalue weighted by Crippen LogP contribution is -2.32. The number of benzene rings is 2. The Morgan fingerprint density at radius 2 is 1.96 bits per heavy atom. The quantitative estimate of drug-likeness (QED) is 0.729. The van der Waals surface area contributed by atoms with Crippen molar-refractivity contribution in [3.8, 4) is 0 Å². The van der Waals surface area contributed by atoms with Gasteiger partial charge < -0.3 is 9.88 Å². The van der Waals surface area contributed by atoms with Gasteiger partial charge >= 0.3 is 0 Å². The van der Waals surface area contributed by atoms with Crippen LogP contribution in [0.3, 0.4) is 0 Å². The Labute approximate surface area is 137 Å². The van der Waals surface area contributed by atoms with Crippen LogP contribution in [0.15, 0.2) is 54.9 Å². The highest BCUT2D eigenvalue weighted by Gasteiger charge is 2.16. The maximum Gasteiger partial charge on any atom is 0.235 e. The van der Waals surface area contributed by atoms with Crippen molar-refractivity contribution in [3.05, 3.63) is 66.2 Å². The topological polar surface area (TPSA) is 46.9 Å². The molecule has 0 aliphatic rings. The van der Waals surface area contributed by atoms with Gasteiger partial charge in [-0.05, 0) is 29.8 Å². The van der Waals surface area contributed by atoms with Crippen molar-refractivity contribution in [1.29, 1.82) is 0 Å². The standard InChI is InChI=1S/C17H15ClFN3O/c18-9-17(23)21-15(12-5-7-13(19)8-6-12)10-22-11-20-14-3-1-2-4-16(14)22/h1-8,11,15H,9-10H2,(H,21,23). The second-order valence-corrected chi connectivity index (χ2v) is 5.46. The van der Waals surface area contributed by atoms with Crippen LogP contribution in [0.1, 0.15) is 11.6 Å². The second kappa shape index (κ2) is 6.79. The van der Waals surface area contributed by atoms with E-state index in [0.29, 0.717) is 6.54 Å². The zero-order valence-corrected chi connectivity index (χ0v) is 13.0. The number of nitrogens with one attached hydrogen (secondary N) is 1. The molecule has 3 rings (SSSR count). The number of hydrogen-bond acceptors (Lipinski definition) is 2. The smallest absolute Gasteiger partial charge is 0.235 e. The van der Waals surface area contributed by atoms with Crippen molar-refractivity contribution in [3.63, 3.8) is 0 Å². The molecule has 2 aromatic carbocycles. The van der Waals surface area contributed by atoms with E-state index in [9.17, 15) is 9.18 Å². The summed E-state index contributed by atoms with van der Waals surface area (Å²) in [6, 6.07) is 13.5. The van der Waals surface area contributed by atoms with Gasteiger partial charge in [0.15, 0.2) is 0 Å². The van der Waals surface area contributed by atoms with Gasteiger partial charge in [-0.15, -0.1) is 11.6 Å². The number of imidazole rings is 1. The van der Waals surface area contributed by atoms with E-state index < -0.39 is 0 Å². The monoisotopic (exact) mass is 331 g/mol. The van der Waals surface area contributed by atoms with E-state index in [2.05, 4.69) is 10.3 Å². The fourth-order valence-corrected chi connectivity index (χ4v) is 2.59. The number of carbonyl (C=O) groups excluding carboxylic acids is 1. The van der Waals surface area contributed by atoms with E-state index in [4.69, 9.17) is 11.6 Å². The molecule has 0 aliphatic carbocycles. The van der Waals surface area contributed by atoms with Gasteiger partial charge in [-0.2, -0.15) is 0 Å². The summed E-state index contributed by atoms with van der Waals surface area (Å²) < 4.78 is 15.1. The van der Waals surface area contributed by atoms with Crippen molar-refractivity contribution in [2.75, 3.05) is 5.88 Å². The van der Waals surface area contributed by atoms with Gasteiger partial charge in [0, 0.05) is 6.54 Å². The molecule has 0 aliphatic heterocycles. The molecule has 1 N–H and O–H groups in total. The third-order valence-corrected chi connectivity index (χ3v) is 3.88. The van der Waals surface area contributed by atoms with E-state index in [1.165, 1.54) is 12.1 Å². The minimum atomic E-state index is -0.320. The number of para-hydroxylation sites is 2. The first kappa shape index (κ1) is 15.5. The predicted molar refractivity (Wildman–Crippen MR) is 87.7 cm³/mol. The molecule has 23 heavy (non-hydrogen) atoms. The largest absolute Gasteiger partial charge is 0.346 e. The molecule has 0 fully saturated rings. The number of hydrogen-bond donors (Lipinski definition) is 1. The molecule has 0 saturated heterocycles. The highest BCUT2D eigenvalue weighted by Crippen LogP contribution is 2.19. The highest BCUT2D eigenvalue weighted by molar-refractivity contribution is 6.27. The van der Waals surface area contributed by atoms with Gasteiger partial charge in [0.25, 0.3) is 0 Å². The minimum absolute atomic E-state index is 0.123. The van der Waals surface area contributed by atoms with Crippen LogP contribution in [0.5, 0.6) is 0 Å². The maximum absolute atomic E-state index is 13.1. The summed E-state index contributed by atoms with van der Waals surface area (Å²) in [6.45, 7) is 0.481. The zero-order valence-electron chi connectivity index (χ0n) is 12.2. The fourth-order valence-electron chi connectivity index (χ4n) is 2.51. The van der Waals surface area contributed by atoms with Crippen LogP contribution < -0.4 is 5.32 Å². The third-order valence-electron chi connectivity index (χ3n) is 3.64. The Bertz CT molecular complexity index is 816. The first-order valence-corrected chi connectivity index (χ1v) is 7.71. The van der Waals surface area contributed by atoms with Gasteiger partial charge in [-0.1, -0.05) is 24.3 Å². The number of alkyl halides is 1. The van der Waals surface area contributed by atoms with Crippen molar-refractivity contribution < 1.29 is 9.18 Å². The number of halogens is 2. The Hall–Kier alpha value is -2.40. The predicted octanol–water partition coefficient (Wildman–Crippen LogP) is 3.27. The van der Waals surface area contributed by atoms with Crippen molar-refractivity contribution >= 4 is 28.5 Å². The summed E-state index contributed by atoms with van der Waals surface area (Å²) in [7, 11) is 0. The van der Waals surface area contributed by atoms with Crippen LogP contribution in [0.4, 0.5) is 4.39 Å². The van der Waals surface area contributed by atoms with Crippen LogP contribution in [0.25, 0.3) is 11.0 Å². The number of nitrogens with zero attached hydrogens (tertiary/aromatic N) is 2. The van der Waals surface area contributed by atoms with Gasteiger partial charge in [0.1, 0.15) is 11.7 Å². The molecule has 1 amide bonds. The number of rotatable bonds is 5. The van der Waals surface area contributed by atoms with Crippen LogP contribution in [0, 0.1) is 5.82 Å². The summed E-state index contributed by atoms with van der Waals surface area (Å²) in [5.41, 5.74) is 2.66. The van der Waals surface area contributed by atoms with Gasteiger partial charge in [-0.25, -0.2) is 9.37 Å². The molecule has 118 valence electrons. The lowest BCUT2D eigenvalue weighted by Gasteiger charge is -2.20. The summed E-state index contributed by atoms with van der Waals surface area (Å²) >= 11 is 5.59. The van der Waals surface area contributed by atoms with Crippen LogP contribution in [0.2, 0.25) is 0 Å². The van der Waals surface area contributed by atoms with E-state index in [0.717, 1.165) is 16.6 Å². The first-order valence-electron chi connectivity index (χ1n) is 7.18. The van der Waals surface area contributed by atoms with E-state index in [1.807, 2.05) is 28.8 Å². The van der Waals surface area contributed by atoms with E-state index in [1.54, 1.807) is 18.5 Å². The lowest BCUT2D eigenvalue weighted by molar-refractivity contribution is -0.119. The van der Waals surface area contributed by atoms with Crippen LogP contribution in [-0.2, 0) is 11.3 Å². The lowest BCUT2D eigenvalue weighted by atomic mass is 10.1. The summed E-state index contributed by atoms with van der Waals surface area (Å²) in [4.78, 5) is 16.1. The van der Waals surface area contributed by atoms with E-state index in [-0.39, 0.29) is 23.6 Å². The molecule has 1 unspecified atom stereocenters. The molecule has 1 aromatic heterocycles. The Balaban J connectivity index is 1.91. The van der Waals surface area contributed by atoms with Crippen molar-refractivity contribution in [2.45, 2.75) is 12.6 Å². The van der Waals surface area contributed by atoms with Crippen molar-refractivity contribution in [2.24, 2.45) is 0 Å². The first-order chi connectivity index (χ1) is 11.2. The van der Waals surface area contributed by atoms with Gasteiger partial charge in [-0.3, -0.25) is 4.79 Å². The second-order valence-electron chi connectivity index (χ2n) is 5.19. The van der Waals surface area contributed by atoms with Crippen molar-refractivity contribution in [1.82, 2.24) is 14.9 Å². The number of aromatic nitrogens is 2. The molecule has 0 saturated carbocycles. The normalized spacial score (nSPS) is 12.3. The molecule has 6 heteroatoms.